The molecule has 0 spiro atoms. The Kier molecular flexibility index (Phi) is 5.59. The van der Waals surface area contributed by atoms with Gasteiger partial charge in [0.05, 0.1) is 4.90 Å². The van der Waals surface area contributed by atoms with Gasteiger partial charge in [-0.1, -0.05) is 0 Å². The zero-order chi connectivity index (χ0) is 20.4. The Morgan fingerprint density at radius 1 is 1.21 bits per heavy atom. The van der Waals surface area contributed by atoms with Gasteiger partial charge in [-0.25, -0.2) is 13.6 Å². The molecule has 0 saturated carbocycles. The second-order valence-electron chi connectivity index (χ2n) is 6.60. The number of nitrogens with one attached hydrogen (secondary N) is 1. The summed E-state index contributed by atoms with van der Waals surface area (Å²) >= 11 is 1.87. The lowest BCUT2D eigenvalue weighted by Gasteiger charge is -2.30. The number of phenolic OH excluding ortho intramolecular Hbond substituents is 1. The Balaban J connectivity index is 1.58. The van der Waals surface area contributed by atoms with E-state index in [1.165, 1.54) is 0 Å². The van der Waals surface area contributed by atoms with Crippen LogP contribution in [0.3, 0.4) is 0 Å². The second-order valence-corrected chi connectivity index (χ2v) is 11.9. The van der Waals surface area contributed by atoms with E-state index in [2.05, 4.69) is 24.5 Å². The first kappa shape index (κ1) is 19.9. The number of aryl methyl sites for hydroxylation is 1. The average molecular weight is 521 g/mol. The molecule has 1 unspecified atom stereocenters. The van der Waals surface area contributed by atoms with Crippen LogP contribution in [0, 0.1) is 0 Å². The molecular formula is C20H20IN5O2S. The first-order valence-corrected chi connectivity index (χ1v) is 13.2. The van der Waals surface area contributed by atoms with E-state index in [0.29, 0.717) is 10.8 Å². The molecule has 1 aliphatic rings. The molecule has 7 nitrogen and oxygen atoms in total. The van der Waals surface area contributed by atoms with Gasteiger partial charge in [-0.2, -0.15) is 4.98 Å². The third-order valence-electron chi connectivity index (χ3n) is 4.74. The van der Waals surface area contributed by atoms with E-state index in [4.69, 9.17) is 0 Å². The van der Waals surface area contributed by atoms with Crippen molar-refractivity contribution in [3.63, 3.8) is 0 Å². The van der Waals surface area contributed by atoms with E-state index in [1.807, 2.05) is 51.5 Å². The Morgan fingerprint density at radius 3 is 2.76 bits per heavy atom. The zero-order valence-electron chi connectivity index (χ0n) is 15.7. The van der Waals surface area contributed by atoms with Crippen LogP contribution in [0.2, 0.25) is 0 Å². The van der Waals surface area contributed by atoms with Crippen LogP contribution < -0.4 is 10.2 Å². The number of fused-ring (bicyclic) bond motifs is 1. The molecule has 0 saturated heterocycles. The van der Waals surface area contributed by atoms with Crippen molar-refractivity contribution < 1.29 is 9.32 Å². The highest BCUT2D eigenvalue weighted by Crippen LogP contribution is 2.34. The highest BCUT2D eigenvalue weighted by Gasteiger charge is 2.20. The van der Waals surface area contributed by atoms with Crippen molar-refractivity contribution in [3.05, 3.63) is 60.3 Å². The third-order valence-corrected chi connectivity index (χ3v) is 8.77. The van der Waals surface area contributed by atoms with E-state index in [1.54, 1.807) is 31.4 Å². The van der Waals surface area contributed by atoms with Crippen molar-refractivity contribution in [1.29, 1.82) is 0 Å². The number of aromatic hydroxyl groups is 1. The molecule has 9 heteroatoms. The fraction of sp³-hybridized carbons (Fsp3) is 0.200. The number of hydrogen-bond donors (Lipinski definition) is 2. The number of benzene rings is 2. The maximum Gasteiger partial charge on any atom is 0.229 e. The van der Waals surface area contributed by atoms with Gasteiger partial charge in [0.25, 0.3) is 0 Å². The molecule has 0 aliphatic carbocycles. The summed E-state index contributed by atoms with van der Waals surface area (Å²) in [6.45, 7) is -1.52. The summed E-state index contributed by atoms with van der Waals surface area (Å²) in [5.41, 5.74) is 2.98. The zero-order valence-corrected chi connectivity index (χ0v) is 18.7. The molecule has 1 aromatic heterocycles. The number of halogens is 1. The van der Waals surface area contributed by atoms with Gasteiger partial charge in [0.2, 0.25) is 5.95 Å². The van der Waals surface area contributed by atoms with Crippen molar-refractivity contribution in [2.75, 3.05) is 23.8 Å². The third kappa shape index (κ3) is 4.30. The smallest absolute Gasteiger partial charge is 0.229 e. The summed E-state index contributed by atoms with van der Waals surface area (Å²) in [7, 11) is 1.56. The Hall–Kier alpha value is -2.40. The van der Waals surface area contributed by atoms with Gasteiger partial charge in [-0.3, -0.25) is 0 Å². The van der Waals surface area contributed by atoms with Gasteiger partial charge < -0.3 is 15.3 Å². The summed E-state index contributed by atoms with van der Waals surface area (Å²) in [5.74, 6) is 1.56. The largest absolute Gasteiger partial charge is 0.508 e. The van der Waals surface area contributed by atoms with Crippen LogP contribution in [0.4, 0.5) is 23.1 Å². The average Bonchev–Trinajstić information content (AvgIpc) is 2.73. The van der Waals surface area contributed by atoms with Gasteiger partial charge in [0.15, 0.2) is 0 Å². The van der Waals surface area contributed by atoms with Gasteiger partial charge >= 0.3 is 0 Å². The molecule has 0 radical (unpaired) electrons. The lowest BCUT2D eigenvalue weighted by Crippen LogP contribution is -2.25. The molecule has 3 aromatic rings. The summed E-state index contributed by atoms with van der Waals surface area (Å²) in [6, 6.07) is 14.6. The van der Waals surface area contributed by atoms with Crippen molar-refractivity contribution in [3.8, 4) is 5.75 Å². The van der Waals surface area contributed by atoms with E-state index < -0.39 is 6.90 Å². The Bertz CT molecular complexity index is 1160. The number of phenols is 1. The van der Waals surface area contributed by atoms with Crippen molar-refractivity contribution in [2.24, 2.45) is 4.36 Å². The number of rotatable bonds is 4. The van der Waals surface area contributed by atoms with Crippen molar-refractivity contribution in [1.82, 2.24) is 9.97 Å². The van der Waals surface area contributed by atoms with Crippen LogP contribution in [0.15, 0.2) is 64.0 Å². The topological polar surface area (TPSA) is 90.7 Å². The van der Waals surface area contributed by atoms with E-state index >= 15 is 0 Å². The quantitative estimate of drug-likeness (QED) is 0.378. The SMILES string of the molecule is CN=S(=O)(I)c1ccc(Nc2nccc(N3CCCc4cc(O)ccc43)n2)cc1. The Labute approximate surface area is 182 Å². The van der Waals surface area contributed by atoms with Gasteiger partial charge in [0.1, 0.15) is 18.5 Å². The maximum absolute atomic E-state index is 12.3. The van der Waals surface area contributed by atoms with Crippen LogP contribution in [-0.2, 0) is 13.3 Å². The molecule has 2 heterocycles. The predicted octanol–water partition coefficient (Wildman–Crippen LogP) is 4.82. The first-order valence-electron chi connectivity index (χ1n) is 9.11. The summed E-state index contributed by atoms with van der Waals surface area (Å²) in [5, 5.41) is 13.0. The van der Waals surface area contributed by atoms with E-state index in [0.717, 1.165) is 42.1 Å². The first-order chi connectivity index (χ1) is 14.0. The van der Waals surface area contributed by atoms with Crippen LogP contribution in [0.5, 0.6) is 5.75 Å². The summed E-state index contributed by atoms with van der Waals surface area (Å²) < 4.78 is 16.3. The van der Waals surface area contributed by atoms with Crippen LogP contribution in [-0.4, -0.2) is 32.9 Å². The van der Waals surface area contributed by atoms with Crippen LogP contribution in [0.25, 0.3) is 0 Å². The lowest BCUT2D eigenvalue weighted by atomic mass is 10.0. The second kappa shape index (κ2) is 8.15. The predicted molar refractivity (Wildman–Crippen MR) is 124 cm³/mol. The fourth-order valence-electron chi connectivity index (χ4n) is 3.32. The highest BCUT2D eigenvalue weighted by atomic mass is 127. The van der Waals surface area contributed by atoms with Crippen LogP contribution in [0.1, 0.15) is 12.0 Å². The molecule has 0 bridgehead atoms. The molecule has 150 valence electrons. The number of aromatic nitrogens is 2. The number of hydrogen-bond acceptors (Lipinski definition) is 7. The molecule has 2 aromatic carbocycles. The molecule has 1 atom stereocenters. The lowest BCUT2D eigenvalue weighted by molar-refractivity contribution is 0.474. The molecule has 4 rings (SSSR count). The molecule has 0 amide bonds. The summed E-state index contributed by atoms with van der Waals surface area (Å²) in [4.78, 5) is 11.8. The number of nitrogens with zero attached hydrogens (tertiary/aromatic N) is 4. The van der Waals surface area contributed by atoms with Gasteiger partial charge in [-0.15, -0.1) is 0 Å². The monoisotopic (exact) mass is 521 g/mol. The minimum absolute atomic E-state index is 0.283. The van der Waals surface area contributed by atoms with Crippen molar-refractivity contribution in [2.45, 2.75) is 17.7 Å². The standard InChI is InChI=1S/C20H20IN5O2S/c1-22-29(21,28)17-7-4-15(5-8-17)24-20-23-11-10-19(25-20)26-12-2-3-14-13-16(27)6-9-18(14)26/h4-11,13,27H,2-3,12H2,1H3,(H,23,24,25). The molecule has 0 fully saturated rings. The molecule has 29 heavy (non-hydrogen) atoms. The van der Waals surface area contributed by atoms with Crippen LogP contribution >= 0.6 is 21.2 Å². The summed E-state index contributed by atoms with van der Waals surface area (Å²) in [6.07, 6.45) is 3.65. The normalized spacial score (nSPS) is 15.3. The van der Waals surface area contributed by atoms with Gasteiger partial charge in [-0.05, 0) is 66.9 Å². The minimum Gasteiger partial charge on any atom is -0.508 e. The Morgan fingerprint density at radius 2 is 2.00 bits per heavy atom. The maximum atomic E-state index is 12.3. The van der Waals surface area contributed by atoms with Gasteiger partial charge in [0, 0.05) is 52.4 Å². The molecular weight excluding hydrogens is 501 g/mol. The highest BCUT2D eigenvalue weighted by molar-refractivity contribution is 14.2. The van der Waals surface area contributed by atoms with E-state index in [9.17, 15) is 9.32 Å². The molecule has 1 aliphatic heterocycles. The number of anilines is 4. The fourth-order valence-corrected chi connectivity index (χ4v) is 4.89. The molecule has 2 N–H and O–H groups in total. The van der Waals surface area contributed by atoms with Crippen molar-refractivity contribution >= 4 is 51.2 Å². The van der Waals surface area contributed by atoms with E-state index in [-0.39, 0.29) is 5.75 Å². The minimum atomic E-state index is -2.38.